The SMILES string of the molecule is CN=C(NCC1CCCOC1c1ccc(C)cc1)NCC1CCCOC1c1ccc(C)cc1. The number of nitrogens with zero attached hydrogens (tertiary/aromatic N) is 1. The first-order chi connectivity index (χ1) is 16.1. The van der Waals surface area contributed by atoms with Crippen molar-refractivity contribution < 1.29 is 9.47 Å². The fourth-order valence-electron chi connectivity index (χ4n) is 5.03. The average molecular weight is 450 g/mol. The highest BCUT2D eigenvalue weighted by Gasteiger charge is 2.29. The van der Waals surface area contributed by atoms with Crippen LogP contribution in [-0.4, -0.2) is 39.3 Å². The average Bonchev–Trinajstić information content (AvgIpc) is 2.86. The van der Waals surface area contributed by atoms with Crippen LogP contribution in [0, 0.1) is 25.7 Å². The number of guanidine groups is 1. The van der Waals surface area contributed by atoms with Gasteiger partial charge in [-0.2, -0.15) is 0 Å². The fourth-order valence-corrected chi connectivity index (χ4v) is 5.03. The zero-order chi connectivity index (χ0) is 23.0. The van der Waals surface area contributed by atoms with Gasteiger partial charge in [0.1, 0.15) is 0 Å². The lowest BCUT2D eigenvalue weighted by Crippen LogP contribution is -2.44. The highest BCUT2D eigenvalue weighted by Crippen LogP contribution is 2.34. The molecule has 0 spiro atoms. The number of benzene rings is 2. The van der Waals surface area contributed by atoms with E-state index in [0.29, 0.717) is 11.8 Å². The standard InChI is InChI=1S/C28H39N3O2/c1-20-8-12-22(13-9-20)26-24(6-4-16-32-26)18-30-28(29-3)31-19-25-7-5-17-33-27(25)23-14-10-21(2)11-15-23/h8-15,24-27H,4-7,16-19H2,1-3H3,(H2,29,30,31). The van der Waals surface area contributed by atoms with Crippen LogP contribution in [0.3, 0.4) is 0 Å². The lowest BCUT2D eigenvalue weighted by molar-refractivity contribution is -0.0275. The van der Waals surface area contributed by atoms with Crippen molar-refractivity contribution in [3.63, 3.8) is 0 Å². The Morgan fingerprint density at radius 1 is 0.758 bits per heavy atom. The second-order valence-electron chi connectivity index (χ2n) is 9.54. The molecule has 4 rings (SSSR count). The largest absolute Gasteiger partial charge is 0.373 e. The van der Waals surface area contributed by atoms with Gasteiger partial charge < -0.3 is 20.1 Å². The van der Waals surface area contributed by atoms with Gasteiger partial charge in [-0.3, -0.25) is 4.99 Å². The lowest BCUT2D eigenvalue weighted by Gasteiger charge is -2.34. The molecule has 0 radical (unpaired) electrons. The Morgan fingerprint density at radius 3 is 1.58 bits per heavy atom. The number of nitrogens with one attached hydrogen (secondary N) is 2. The van der Waals surface area contributed by atoms with Crippen LogP contribution in [-0.2, 0) is 9.47 Å². The number of hydrogen-bond donors (Lipinski definition) is 2. The van der Waals surface area contributed by atoms with Crippen LogP contribution < -0.4 is 10.6 Å². The summed E-state index contributed by atoms with van der Waals surface area (Å²) in [4.78, 5) is 4.49. The normalized spacial score (nSPS) is 25.3. The molecule has 2 aliphatic heterocycles. The molecule has 2 aliphatic rings. The van der Waals surface area contributed by atoms with E-state index in [9.17, 15) is 0 Å². The summed E-state index contributed by atoms with van der Waals surface area (Å²) in [7, 11) is 1.85. The summed E-state index contributed by atoms with van der Waals surface area (Å²) >= 11 is 0. The molecule has 2 N–H and O–H groups in total. The summed E-state index contributed by atoms with van der Waals surface area (Å²) in [5, 5.41) is 7.14. The smallest absolute Gasteiger partial charge is 0.191 e. The van der Waals surface area contributed by atoms with Crippen molar-refractivity contribution in [2.75, 3.05) is 33.4 Å². The molecule has 33 heavy (non-hydrogen) atoms. The van der Waals surface area contributed by atoms with Gasteiger partial charge in [-0.1, -0.05) is 59.7 Å². The maximum Gasteiger partial charge on any atom is 0.191 e. The minimum Gasteiger partial charge on any atom is -0.373 e. The number of aliphatic imine (C=N–C) groups is 1. The maximum absolute atomic E-state index is 6.19. The van der Waals surface area contributed by atoms with Gasteiger partial charge in [0.25, 0.3) is 0 Å². The monoisotopic (exact) mass is 449 g/mol. The van der Waals surface area contributed by atoms with Gasteiger partial charge in [-0.05, 0) is 50.7 Å². The van der Waals surface area contributed by atoms with Gasteiger partial charge in [0.15, 0.2) is 5.96 Å². The van der Waals surface area contributed by atoms with Crippen LogP contribution >= 0.6 is 0 Å². The van der Waals surface area contributed by atoms with Crippen LogP contribution in [0.1, 0.15) is 60.1 Å². The van der Waals surface area contributed by atoms with Crippen molar-refractivity contribution in [3.8, 4) is 0 Å². The molecule has 0 bridgehead atoms. The Labute approximate surface area is 199 Å². The van der Waals surface area contributed by atoms with Gasteiger partial charge in [0.2, 0.25) is 0 Å². The molecule has 2 fully saturated rings. The number of hydrogen-bond acceptors (Lipinski definition) is 3. The molecule has 0 aromatic heterocycles. The summed E-state index contributed by atoms with van der Waals surface area (Å²) in [5.41, 5.74) is 5.11. The van der Waals surface area contributed by atoms with E-state index in [1.54, 1.807) is 0 Å². The van der Waals surface area contributed by atoms with E-state index in [1.165, 1.54) is 22.3 Å². The van der Waals surface area contributed by atoms with Crippen molar-refractivity contribution >= 4 is 5.96 Å². The second kappa shape index (κ2) is 11.7. The topological polar surface area (TPSA) is 54.9 Å². The summed E-state index contributed by atoms with van der Waals surface area (Å²) in [6, 6.07) is 17.5. The van der Waals surface area contributed by atoms with Crippen molar-refractivity contribution in [3.05, 3.63) is 70.8 Å². The lowest BCUT2D eigenvalue weighted by atomic mass is 9.89. The molecular formula is C28H39N3O2. The molecule has 0 aliphatic carbocycles. The first-order valence-electron chi connectivity index (χ1n) is 12.4. The molecule has 2 heterocycles. The molecule has 0 amide bonds. The number of ether oxygens (including phenoxy) is 2. The Morgan fingerprint density at radius 2 is 1.18 bits per heavy atom. The molecule has 2 aromatic rings. The zero-order valence-corrected chi connectivity index (χ0v) is 20.3. The Balaban J connectivity index is 1.33. The molecule has 5 nitrogen and oxygen atoms in total. The fraction of sp³-hybridized carbons (Fsp3) is 0.536. The minimum atomic E-state index is 0.141. The van der Waals surface area contributed by atoms with Gasteiger partial charge in [0, 0.05) is 45.2 Å². The zero-order valence-electron chi connectivity index (χ0n) is 20.3. The highest BCUT2D eigenvalue weighted by molar-refractivity contribution is 5.79. The van der Waals surface area contributed by atoms with Crippen LogP contribution in [0.15, 0.2) is 53.5 Å². The Kier molecular flexibility index (Phi) is 8.40. The van der Waals surface area contributed by atoms with Crippen LogP contribution in [0.4, 0.5) is 0 Å². The first kappa shape index (κ1) is 23.8. The Bertz CT molecular complexity index is 823. The second-order valence-corrected chi connectivity index (χ2v) is 9.54. The number of aryl methyl sites for hydroxylation is 2. The van der Waals surface area contributed by atoms with Crippen molar-refractivity contribution in [2.24, 2.45) is 16.8 Å². The van der Waals surface area contributed by atoms with E-state index in [2.05, 4.69) is 78.0 Å². The van der Waals surface area contributed by atoms with Gasteiger partial charge in [0.05, 0.1) is 12.2 Å². The molecule has 178 valence electrons. The van der Waals surface area contributed by atoms with Crippen molar-refractivity contribution in [1.82, 2.24) is 10.6 Å². The molecule has 2 aromatic carbocycles. The summed E-state index contributed by atoms with van der Waals surface area (Å²) in [6.07, 6.45) is 4.82. The summed E-state index contributed by atoms with van der Waals surface area (Å²) < 4.78 is 12.4. The van der Waals surface area contributed by atoms with Gasteiger partial charge in [-0.15, -0.1) is 0 Å². The molecule has 4 unspecified atom stereocenters. The molecule has 2 saturated heterocycles. The number of rotatable bonds is 6. The molecule has 4 atom stereocenters. The van der Waals surface area contributed by atoms with Crippen LogP contribution in [0.25, 0.3) is 0 Å². The van der Waals surface area contributed by atoms with E-state index in [0.717, 1.165) is 57.9 Å². The van der Waals surface area contributed by atoms with E-state index < -0.39 is 0 Å². The molecular weight excluding hydrogens is 410 g/mol. The minimum absolute atomic E-state index is 0.141. The summed E-state index contributed by atoms with van der Waals surface area (Å²) in [6.45, 7) is 7.62. The quantitative estimate of drug-likeness (QED) is 0.476. The Hall–Kier alpha value is -2.37. The van der Waals surface area contributed by atoms with Crippen molar-refractivity contribution in [2.45, 2.75) is 51.7 Å². The van der Waals surface area contributed by atoms with Crippen LogP contribution in [0.5, 0.6) is 0 Å². The van der Waals surface area contributed by atoms with E-state index in [4.69, 9.17) is 9.47 Å². The van der Waals surface area contributed by atoms with E-state index in [-0.39, 0.29) is 12.2 Å². The van der Waals surface area contributed by atoms with E-state index in [1.807, 2.05) is 7.05 Å². The molecule has 5 heteroatoms. The van der Waals surface area contributed by atoms with Gasteiger partial charge in [-0.25, -0.2) is 0 Å². The predicted molar refractivity (Wildman–Crippen MR) is 135 cm³/mol. The van der Waals surface area contributed by atoms with Gasteiger partial charge >= 0.3 is 0 Å². The first-order valence-corrected chi connectivity index (χ1v) is 12.4. The third kappa shape index (κ3) is 6.36. The van der Waals surface area contributed by atoms with Crippen LogP contribution in [0.2, 0.25) is 0 Å². The molecule has 0 saturated carbocycles. The predicted octanol–water partition coefficient (Wildman–Crippen LogP) is 5.10. The highest BCUT2D eigenvalue weighted by atomic mass is 16.5. The summed E-state index contributed by atoms with van der Waals surface area (Å²) in [5.74, 6) is 1.72. The van der Waals surface area contributed by atoms with E-state index >= 15 is 0 Å². The third-order valence-electron chi connectivity index (χ3n) is 6.99. The van der Waals surface area contributed by atoms with Crippen molar-refractivity contribution in [1.29, 1.82) is 0 Å². The maximum atomic E-state index is 6.19. The third-order valence-corrected chi connectivity index (χ3v) is 6.99.